The van der Waals surface area contributed by atoms with Gasteiger partial charge in [-0.15, -0.1) is 10.6 Å². The van der Waals surface area contributed by atoms with Gasteiger partial charge in [0.05, 0.1) is 17.7 Å². The van der Waals surface area contributed by atoms with Gasteiger partial charge in [-0.1, -0.05) is 17.7 Å². The second kappa shape index (κ2) is 9.40. The Morgan fingerprint density at radius 3 is 2.61 bits per heavy atom. The lowest BCUT2D eigenvalue weighted by Gasteiger charge is -2.17. The standard InChI is InChI=1S/C17H16ClF2N7O4/c1-27-17(24-25-26-27)23-14(28)8-6-7-10(31-16(19)20)13(12(8)18)22-15(29)9-4-3-5-11(21-9)30-2/h3-7,16,25-26H,1-2H3,(H,22,29)(H,23,24,28). The zero-order valence-electron chi connectivity index (χ0n) is 16.1. The Hall–Kier alpha value is -3.71. The summed E-state index contributed by atoms with van der Waals surface area (Å²) in [6, 6.07) is 6.67. The van der Waals surface area contributed by atoms with Gasteiger partial charge in [-0.3, -0.25) is 19.9 Å². The number of hydrazine groups is 2. The van der Waals surface area contributed by atoms with Gasteiger partial charge in [-0.05, 0) is 18.2 Å². The van der Waals surface area contributed by atoms with Crippen LogP contribution in [-0.2, 0) is 0 Å². The van der Waals surface area contributed by atoms with E-state index < -0.39 is 24.2 Å². The van der Waals surface area contributed by atoms with Crippen LogP contribution >= 0.6 is 11.6 Å². The Labute approximate surface area is 179 Å². The molecule has 1 aliphatic rings. The number of ether oxygens (including phenoxy) is 2. The van der Waals surface area contributed by atoms with Crippen LogP contribution in [-0.4, -0.2) is 48.5 Å². The number of benzene rings is 1. The first-order valence-corrected chi connectivity index (χ1v) is 8.91. The molecule has 0 atom stereocenters. The van der Waals surface area contributed by atoms with Crippen molar-refractivity contribution in [3.63, 3.8) is 0 Å². The number of nitrogens with zero attached hydrogens (tertiary/aromatic N) is 3. The number of alkyl halides is 2. The molecule has 3 rings (SSSR count). The highest BCUT2D eigenvalue weighted by Gasteiger charge is 2.24. The highest BCUT2D eigenvalue weighted by atomic mass is 35.5. The number of aromatic nitrogens is 1. The van der Waals surface area contributed by atoms with Crippen LogP contribution in [0.4, 0.5) is 14.5 Å². The van der Waals surface area contributed by atoms with Gasteiger partial charge in [-0.25, -0.2) is 10.5 Å². The van der Waals surface area contributed by atoms with Crippen LogP contribution in [0.5, 0.6) is 11.6 Å². The molecule has 0 spiro atoms. The largest absolute Gasteiger partial charge is 0.481 e. The molecular formula is C17H16ClF2N7O4. The molecule has 2 aromatic rings. The Morgan fingerprint density at radius 2 is 1.97 bits per heavy atom. The van der Waals surface area contributed by atoms with E-state index in [1.807, 2.05) is 0 Å². The Balaban J connectivity index is 1.93. The van der Waals surface area contributed by atoms with E-state index >= 15 is 0 Å². The monoisotopic (exact) mass is 455 g/mol. The van der Waals surface area contributed by atoms with Gasteiger partial charge in [0, 0.05) is 13.1 Å². The number of rotatable bonds is 6. The minimum absolute atomic E-state index is 0.0765. The van der Waals surface area contributed by atoms with Gasteiger partial charge in [0.15, 0.2) is 5.75 Å². The van der Waals surface area contributed by atoms with E-state index in [1.54, 1.807) is 7.05 Å². The highest BCUT2D eigenvalue weighted by Crippen LogP contribution is 2.36. The van der Waals surface area contributed by atoms with Crippen molar-refractivity contribution >= 4 is 35.1 Å². The van der Waals surface area contributed by atoms with Crippen LogP contribution in [0.1, 0.15) is 20.8 Å². The van der Waals surface area contributed by atoms with Crippen LogP contribution in [0.2, 0.25) is 5.02 Å². The van der Waals surface area contributed by atoms with Crippen molar-refractivity contribution in [1.82, 2.24) is 26.4 Å². The molecule has 0 bridgehead atoms. The molecule has 0 saturated carbocycles. The number of anilines is 1. The van der Waals surface area contributed by atoms with Gasteiger partial charge in [0.25, 0.3) is 11.8 Å². The number of methoxy groups -OCH3 is 1. The van der Waals surface area contributed by atoms with Crippen LogP contribution in [0, 0.1) is 0 Å². The van der Waals surface area contributed by atoms with Crippen LogP contribution in [0.3, 0.4) is 0 Å². The molecule has 0 radical (unpaired) electrons. The van der Waals surface area contributed by atoms with Crippen molar-refractivity contribution in [2.45, 2.75) is 6.61 Å². The maximum atomic E-state index is 12.8. The van der Waals surface area contributed by atoms with Gasteiger partial charge in [0.2, 0.25) is 11.8 Å². The molecule has 1 aliphatic heterocycles. The number of hydrogen-bond acceptors (Lipinski definition) is 9. The average Bonchev–Trinajstić information content (AvgIpc) is 3.14. The average molecular weight is 456 g/mol. The van der Waals surface area contributed by atoms with E-state index in [0.29, 0.717) is 0 Å². The lowest BCUT2D eigenvalue weighted by Crippen LogP contribution is -2.45. The summed E-state index contributed by atoms with van der Waals surface area (Å²) in [7, 11) is 2.95. The first kappa shape index (κ1) is 22.0. The summed E-state index contributed by atoms with van der Waals surface area (Å²) < 4.78 is 35.1. The normalized spacial score (nSPS) is 12.8. The second-order valence-electron chi connectivity index (χ2n) is 5.87. The van der Waals surface area contributed by atoms with Crippen molar-refractivity contribution in [1.29, 1.82) is 0 Å². The van der Waals surface area contributed by atoms with E-state index in [1.165, 1.54) is 36.4 Å². The molecule has 4 N–H and O–H groups in total. The molecule has 0 unspecified atom stereocenters. The topological polar surface area (TPSA) is 129 Å². The third-order valence-corrected chi connectivity index (χ3v) is 4.28. The summed E-state index contributed by atoms with van der Waals surface area (Å²) in [4.78, 5) is 29.2. The minimum atomic E-state index is -3.19. The third kappa shape index (κ3) is 5.07. The van der Waals surface area contributed by atoms with E-state index in [4.69, 9.17) is 16.3 Å². The van der Waals surface area contributed by atoms with E-state index in [-0.39, 0.29) is 33.8 Å². The number of nitrogens with one attached hydrogen (secondary N) is 4. The van der Waals surface area contributed by atoms with Crippen molar-refractivity contribution in [2.24, 2.45) is 5.10 Å². The fourth-order valence-electron chi connectivity index (χ4n) is 2.44. The maximum Gasteiger partial charge on any atom is 0.387 e. The summed E-state index contributed by atoms with van der Waals surface area (Å²) in [5.41, 5.74) is 4.49. The van der Waals surface area contributed by atoms with Crippen molar-refractivity contribution < 1.29 is 27.8 Å². The lowest BCUT2D eigenvalue weighted by atomic mass is 10.1. The summed E-state index contributed by atoms with van der Waals surface area (Å²) >= 11 is 6.27. The van der Waals surface area contributed by atoms with Gasteiger partial charge >= 0.3 is 6.61 Å². The SMILES string of the molecule is COc1cccc(C(=O)Nc2c(OC(F)F)ccc(C(=O)NC3=NNNN3C)c2Cl)n1. The number of pyridine rings is 1. The predicted octanol–water partition coefficient (Wildman–Crippen LogP) is 1.55. The van der Waals surface area contributed by atoms with E-state index in [2.05, 4.69) is 36.5 Å². The van der Waals surface area contributed by atoms with Crippen molar-refractivity contribution in [3.05, 3.63) is 46.6 Å². The molecule has 2 amide bonds. The molecule has 1 aromatic heterocycles. The van der Waals surface area contributed by atoms with Gasteiger partial charge in [-0.2, -0.15) is 8.78 Å². The fraction of sp³-hybridized carbons (Fsp3) is 0.176. The van der Waals surface area contributed by atoms with Crippen molar-refractivity contribution in [3.8, 4) is 11.6 Å². The number of carbonyl (C=O) groups is 2. The number of carbonyl (C=O) groups excluding carboxylic acids is 2. The molecule has 14 heteroatoms. The first-order chi connectivity index (χ1) is 14.8. The van der Waals surface area contributed by atoms with Gasteiger partial charge in [0.1, 0.15) is 11.4 Å². The first-order valence-electron chi connectivity index (χ1n) is 8.53. The molecule has 0 fully saturated rings. The van der Waals surface area contributed by atoms with E-state index in [9.17, 15) is 18.4 Å². The molecule has 11 nitrogen and oxygen atoms in total. The van der Waals surface area contributed by atoms with Crippen LogP contribution in [0.15, 0.2) is 35.4 Å². The number of hydrazone groups is 1. The Bertz CT molecular complexity index is 1040. The summed E-state index contributed by atoms with van der Waals surface area (Å²) in [5.74, 6) is -1.64. The maximum absolute atomic E-state index is 12.8. The summed E-state index contributed by atoms with van der Waals surface area (Å²) in [5, 5.41) is 9.66. The second-order valence-corrected chi connectivity index (χ2v) is 6.25. The minimum Gasteiger partial charge on any atom is -0.481 e. The lowest BCUT2D eigenvalue weighted by molar-refractivity contribution is -0.0493. The quantitative estimate of drug-likeness (QED) is 0.516. The summed E-state index contributed by atoms with van der Waals surface area (Å²) in [6.45, 7) is -3.19. The van der Waals surface area contributed by atoms with Crippen LogP contribution < -0.4 is 31.2 Å². The number of guanidine groups is 1. The molecule has 0 aliphatic carbocycles. The number of halogens is 3. The zero-order chi connectivity index (χ0) is 22.5. The molecule has 164 valence electrons. The molecule has 0 saturated heterocycles. The number of hydrogen-bond donors (Lipinski definition) is 4. The summed E-state index contributed by atoms with van der Waals surface area (Å²) in [6.07, 6.45) is 0. The molecule has 31 heavy (non-hydrogen) atoms. The molecule has 1 aromatic carbocycles. The van der Waals surface area contributed by atoms with Crippen LogP contribution in [0.25, 0.3) is 0 Å². The third-order valence-electron chi connectivity index (χ3n) is 3.89. The van der Waals surface area contributed by atoms with Gasteiger partial charge < -0.3 is 14.8 Å². The fourth-order valence-corrected chi connectivity index (χ4v) is 2.73. The number of amides is 2. The highest BCUT2D eigenvalue weighted by molar-refractivity contribution is 6.37. The van der Waals surface area contributed by atoms with Crippen molar-refractivity contribution in [2.75, 3.05) is 19.5 Å². The molecular weight excluding hydrogens is 440 g/mol. The Morgan fingerprint density at radius 1 is 1.19 bits per heavy atom. The van der Waals surface area contributed by atoms with E-state index in [0.717, 1.165) is 6.07 Å². The smallest absolute Gasteiger partial charge is 0.387 e. The molecule has 2 heterocycles. The Kier molecular flexibility index (Phi) is 6.67. The predicted molar refractivity (Wildman–Crippen MR) is 106 cm³/mol. The zero-order valence-corrected chi connectivity index (χ0v) is 16.8.